The van der Waals surface area contributed by atoms with Crippen LogP contribution in [0.2, 0.25) is 0 Å². The molecule has 0 aliphatic heterocycles. The molecule has 0 saturated heterocycles. The topological polar surface area (TPSA) is 32.7 Å². The molecule has 0 aliphatic rings. The molecule has 0 aromatic heterocycles. The van der Waals surface area contributed by atoms with Gasteiger partial charge in [0.05, 0.1) is 13.2 Å². The minimum atomic E-state index is -0.343. The van der Waals surface area contributed by atoms with Crippen molar-refractivity contribution in [2.75, 3.05) is 13.7 Å². The number of hydrogen-bond acceptors (Lipinski definition) is 3. The monoisotopic (exact) mass is 325 g/mol. The normalized spacial score (nSPS) is 12.1. The number of nitrogens with zero attached hydrogens (tertiary/aromatic N) is 1. The molecule has 128 valence electrons. The number of benzene rings is 2. The van der Waals surface area contributed by atoms with E-state index in [9.17, 15) is 5.11 Å². The molecule has 1 N–H and O–H groups in total. The highest BCUT2D eigenvalue weighted by Gasteiger charge is 2.13. The van der Waals surface area contributed by atoms with E-state index in [0.29, 0.717) is 6.54 Å². The zero-order valence-electron chi connectivity index (χ0n) is 14.4. The van der Waals surface area contributed by atoms with Gasteiger partial charge in [0.1, 0.15) is 5.75 Å². The lowest BCUT2D eigenvalue weighted by Gasteiger charge is -2.25. The summed E-state index contributed by atoms with van der Waals surface area (Å²) in [6.07, 6.45) is 3.10. The Morgan fingerprint density at radius 2 is 1.67 bits per heavy atom. The fourth-order valence-electron chi connectivity index (χ4n) is 2.72. The lowest BCUT2D eigenvalue weighted by Crippen LogP contribution is -2.31. The van der Waals surface area contributed by atoms with Gasteiger partial charge in [0, 0.05) is 19.6 Å². The molecule has 2 rings (SSSR count). The van der Waals surface area contributed by atoms with Gasteiger partial charge in [-0.1, -0.05) is 48.5 Å². The van der Waals surface area contributed by atoms with Gasteiger partial charge in [-0.3, -0.25) is 4.90 Å². The van der Waals surface area contributed by atoms with Crippen molar-refractivity contribution in [3.8, 4) is 5.75 Å². The maximum atomic E-state index is 10.3. The minimum Gasteiger partial charge on any atom is -0.497 e. The summed E-state index contributed by atoms with van der Waals surface area (Å²) in [6.45, 7) is 5.99. The lowest BCUT2D eigenvalue weighted by molar-refractivity contribution is 0.0984. The third-order valence-corrected chi connectivity index (χ3v) is 3.99. The van der Waals surface area contributed by atoms with Crippen LogP contribution in [0.1, 0.15) is 24.0 Å². The Balaban J connectivity index is 2.04. The Hall–Kier alpha value is -2.10. The van der Waals surface area contributed by atoms with E-state index in [0.717, 1.165) is 31.7 Å². The Bertz CT molecular complexity index is 595. The van der Waals surface area contributed by atoms with Gasteiger partial charge in [-0.25, -0.2) is 0 Å². The van der Waals surface area contributed by atoms with E-state index in [-0.39, 0.29) is 6.10 Å². The van der Waals surface area contributed by atoms with E-state index in [2.05, 4.69) is 47.9 Å². The van der Waals surface area contributed by atoms with Crippen molar-refractivity contribution in [3.63, 3.8) is 0 Å². The van der Waals surface area contributed by atoms with E-state index in [1.807, 2.05) is 24.3 Å². The van der Waals surface area contributed by atoms with Crippen molar-refractivity contribution in [2.24, 2.45) is 0 Å². The van der Waals surface area contributed by atoms with Crippen LogP contribution in [0, 0.1) is 0 Å². The summed E-state index contributed by atoms with van der Waals surface area (Å²) < 4.78 is 5.22. The number of ether oxygens (including phenoxy) is 1. The molecule has 0 heterocycles. The molecule has 2 aromatic rings. The highest BCUT2D eigenvalue weighted by Crippen LogP contribution is 2.15. The standard InChI is InChI=1S/C21H27NO2/c1-3-4-10-20(23)17-22(15-18-8-6-5-7-9-18)16-19-11-13-21(24-2)14-12-19/h3,5-9,11-14,20,23H,1,4,10,15-17H2,2H3. The average molecular weight is 325 g/mol. The second kappa shape index (κ2) is 9.91. The third kappa shape index (κ3) is 6.19. The highest BCUT2D eigenvalue weighted by molar-refractivity contribution is 5.27. The molecule has 0 spiro atoms. The van der Waals surface area contributed by atoms with Crippen molar-refractivity contribution in [1.82, 2.24) is 4.90 Å². The van der Waals surface area contributed by atoms with Crippen molar-refractivity contribution in [3.05, 3.63) is 78.4 Å². The molecule has 0 aliphatic carbocycles. The van der Waals surface area contributed by atoms with Crippen molar-refractivity contribution in [1.29, 1.82) is 0 Å². The molecular formula is C21H27NO2. The van der Waals surface area contributed by atoms with Crippen molar-refractivity contribution >= 4 is 0 Å². The first kappa shape index (κ1) is 18.2. The van der Waals surface area contributed by atoms with Crippen LogP contribution >= 0.6 is 0 Å². The summed E-state index contributed by atoms with van der Waals surface area (Å²) in [5, 5.41) is 10.3. The molecule has 0 radical (unpaired) electrons. The second-order valence-electron chi connectivity index (χ2n) is 6.02. The zero-order valence-corrected chi connectivity index (χ0v) is 14.4. The smallest absolute Gasteiger partial charge is 0.118 e. The molecule has 3 nitrogen and oxygen atoms in total. The average Bonchev–Trinajstić information content (AvgIpc) is 2.61. The third-order valence-electron chi connectivity index (χ3n) is 3.99. The van der Waals surface area contributed by atoms with Crippen molar-refractivity contribution < 1.29 is 9.84 Å². The van der Waals surface area contributed by atoms with Crippen LogP contribution in [0.3, 0.4) is 0 Å². The van der Waals surface area contributed by atoms with E-state index in [1.54, 1.807) is 7.11 Å². The molecule has 0 bridgehead atoms. The fourth-order valence-corrected chi connectivity index (χ4v) is 2.72. The molecule has 3 heteroatoms. The van der Waals surface area contributed by atoms with Crippen LogP contribution in [-0.2, 0) is 13.1 Å². The van der Waals surface area contributed by atoms with Gasteiger partial charge in [0.2, 0.25) is 0 Å². The Morgan fingerprint density at radius 1 is 1.04 bits per heavy atom. The van der Waals surface area contributed by atoms with E-state index in [4.69, 9.17) is 4.74 Å². The second-order valence-corrected chi connectivity index (χ2v) is 6.02. The first-order valence-electron chi connectivity index (χ1n) is 8.39. The van der Waals surface area contributed by atoms with Crippen LogP contribution in [0.5, 0.6) is 5.75 Å². The van der Waals surface area contributed by atoms with Gasteiger partial charge < -0.3 is 9.84 Å². The summed E-state index contributed by atoms with van der Waals surface area (Å²) in [5.74, 6) is 0.861. The first-order chi connectivity index (χ1) is 11.7. The van der Waals surface area contributed by atoms with Gasteiger partial charge in [-0.05, 0) is 36.1 Å². The summed E-state index contributed by atoms with van der Waals surface area (Å²) in [5.41, 5.74) is 2.46. The van der Waals surface area contributed by atoms with Gasteiger partial charge in [0.25, 0.3) is 0 Å². The first-order valence-corrected chi connectivity index (χ1v) is 8.39. The number of allylic oxidation sites excluding steroid dienone is 1. The number of hydrogen-bond donors (Lipinski definition) is 1. The van der Waals surface area contributed by atoms with Crippen LogP contribution in [0.15, 0.2) is 67.3 Å². The molecule has 2 aromatic carbocycles. The van der Waals surface area contributed by atoms with Crippen molar-refractivity contribution in [2.45, 2.75) is 32.0 Å². The van der Waals surface area contributed by atoms with Crippen LogP contribution in [0.25, 0.3) is 0 Å². The van der Waals surface area contributed by atoms with Gasteiger partial charge in [0.15, 0.2) is 0 Å². The summed E-state index contributed by atoms with van der Waals surface area (Å²) >= 11 is 0. The quantitative estimate of drug-likeness (QED) is 0.670. The highest BCUT2D eigenvalue weighted by atomic mass is 16.5. The van der Waals surface area contributed by atoms with E-state index >= 15 is 0 Å². The fraction of sp³-hybridized carbons (Fsp3) is 0.333. The molecule has 24 heavy (non-hydrogen) atoms. The summed E-state index contributed by atoms with van der Waals surface area (Å²) in [4.78, 5) is 2.28. The molecule has 0 saturated carbocycles. The Morgan fingerprint density at radius 3 is 2.25 bits per heavy atom. The number of aliphatic hydroxyl groups is 1. The largest absolute Gasteiger partial charge is 0.497 e. The molecule has 0 amide bonds. The van der Waals surface area contributed by atoms with Gasteiger partial charge in [-0.15, -0.1) is 6.58 Å². The van der Waals surface area contributed by atoms with E-state index in [1.165, 1.54) is 11.1 Å². The van der Waals surface area contributed by atoms with Crippen LogP contribution in [0.4, 0.5) is 0 Å². The minimum absolute atomic E-state index is 0.343. The van der Waals surface area contributed by atoms with Gasteiger partial charge in [-0.2, -0.15) is 0 Å². The predicted octanol–water partition coefficient (Wildman–Crippen LogP) is 4.02. The summed E-state index contributed by atoms with van der Waals surface area (Å²) in [7, 11) is 1.67. The summed E-state index contributed by atoms with van der Waals surface area (Å²) in [6, 6.07) is 18.5. The Kier molecular flexibility index (Phi) is 7.53. The van der Waals surface area contributed by atoms with Crippen LogP contribution in [-0.4, -0.2) is 29.8 Å². The van der Waals surface area contributed by atoms with E-state index < -0.39 is 0 Å². The van der Waals surface area contributed by atoms with Crippen LogP contribution < -0.4 is 4.74 Å². The van der Waals surface area contributed by atoms with Gasteiger partial charge >= 0.3 is 0 Å². The number of rotatable bonds is 10. The Labute approximate surface area is 145 Å². The molecule has 1 atom stereocenters. The number of aliphatic hydroxyl groups excluding tert-OH is 1. The SMILES string of the molecule is C=CCCC(O)CN(Cc1ccccc1)Cc1ccc(OC)cc1. The lowest BCUT2D eigenvalue weighted by atomic mass is 10.1. The number of methoxy groups -OCH3 is 1. The maximum absolute atomic E-state index is 10.3. The maximum Gasteiger partial charge on any atom is 0.118 e. The molecule has 0 fully saturated rings. The molecule has 1 unspecified atom stereocenters. The zero-order chi connectivity index (χ0) is 17.2. The predicted molar refractivity (Wildman–Crippen MR) is 99.0 cm³/mol. The molecular weight excluding hydrogens is 298 g/mol.